The summed E-state index contributed by atoms with van der Waals surface area (Å²) in [7, 11) is 0. The minimum Gasteiger partial charge on any atom is -0.300 e. The molecule has 0 radical (unpaired) electrons. The molecule has 76 valence electrons. The molecule has 0 unspecified atom stereocenters. The molecule has 0 bridgehead atoms. The molecule has 0 fully saturated rings. The summed E-state index contributed by atoms with van der Waals surface area (Å²) < 4.78 is 0. The molecule has 2 nitrogen and oxygen atoms in total. The summed E-state index contributed by atoms with van der Waals surface area (Å²) in [6.45, 7) is 1.64. The Hall–Kier alpha value is -0.830. The van der Waals surface area contributed by atoms with Crippen molar-refractivity contribution >= 4 is 17.5 Å². The maximum Gasteiger partial charge on any atom is 0.129 e. The van der Waals surface area contributed by atoms with E-state index in [0.717, 1.165) is 17.9 Å². The van der Waals surface area contributed by atoms with Gasteiger partial charge in [-0.1, -0.05) is 0 Å². The molecule has 1 aromatic heterocycles. The van der Waals surface area contributed by atoms with Gasteiger partial charge in [-0.25, -0.2) is 4.98 Å². The molecule has 0 saturated carbocycles. The number of carbonyl (C=O) groups is 1. The quantitative estimate of drug-likeness (QED) is 0.698. The van der Waals surface area contributed by atoms with Crippen LogP contribution in [0.2, 0.25) is 0 Å². The predicted molar refractivity (Wildman–Crippen MR) is 59.6 cm³/mol. The molecule has 0 N–H and O–H groups in total. The van der Waals surface area contributed by atoms with E-state index in [4.69, 9.17) is 0 Å². The lowest BCUT2D eigenvalue weighted by atomic mass is 10.1. The first-order valence-electron chi connectivity index (χ1n) is 4.70. The number of Topliss-reactive ketones (excluding diaryl/α,β-unsaturated/α-hetero) is 1. The number of nitrogens with zero attached hydrogens (tertiary/aromatic N) is 1. The van der Waals surface area contributed by atoms with Crippen molar-refractivity contribution in [1.29, 1.82) is 0 Å². The second-order valence-electron chi connectivity index (χ2n) is 3.26. The van der Waals surface area contributed by atoms with Crippen LogP contribution >= 0.6 is 11.8 Å². The lowest BCUT2D eigenvalue weighted by molar-refractivity contribution is -0.117. The Bertz CT molecular complexity index is 312. The highest BCUT2D eigenvalue weighted by molar-refractivity contribution is 7.98. The van der Waals surface area contributed by atoms with Crippen molar-refractivity contribution in [2.75, 3.05) is 6.26 Å². The fourth-order valence-electron chi connectivity index (χ4n) is 1.26. The molecular weight excluding hydrogens is 194 g/mol. The highest BCUT2D eigenvalue weighted by Gasteiger charge is 1.98. The van der Waals surface area contributed by atoms with Crippen molar-refractivity contribution in [3.8, 4) is 0 Å². The highest BCUT2D eigenvalue weighted by Crippen LogP contribution is 2.14. The Morgan fingerprint density at radius 2 is 2.36 bits per heavy atom. The van der Waals surface area contributed by atoms with Gasteiger partial charge in [0.05, 0.1) is 5.03 Å². The maximum atomic E-state index is 10.7. The van der Waals surface area contributed by atoms with Gasteiger partial charge < -0.3 is 4.79 Å². The number of aryl methyl sites for hydroxylation is 1. The molecule has 1 rings (SSSR count). The van der Waals surface area contributed by atoms with E-state index >= 15 is 0 Å². The average Bonchev–Trinajstić information content (AvgIpc) is 2.18. The lowest BCUT2D eigenvalue weighted by Crippen LogP contribution is -1.93. The second kappa shape index (κ2) is 5.81. The van der Waals surface area contributed by atoms with Crippen molar-refractivity contribution in [1.82, 2.24) is 4.98 Å². The van der Waals surface area contributed by atoms with Crippen molar-refractivity contribution in [2.45, 2.75) is 31.2 Å². The minimum atomic E-state index is 0.268. The first-order valence-corrected chi connectivity index (χ1v) is 5.93. The molecule has 0 aliphatic heterocycles. The van der Waals surface area contributed by atoms with Crippen molar-refractivity contribution in [3.63, 3.8) is 0 Å². The van der Waals surface area contributed by atoms with Gasteiger partial charge in [0.2, 0.25) is 0 Å². The Morgan fingerprint density at radius 1 is 1.57 bits per heavy atom. The number of carbonyl (C=O) groups excluding carboxylic acids is 1. The van der Waals surface area contributed by atoms with Gasteiger partial charge in [0.25, 0.3) is 0 Å². The van der Waals surface area contributed by atoms with Gasteiger partial charge in [-0.05, 0) is 43.7 Å². The van der Waals surface area contributed by atoms with E-state index in [0.29, 0.717) is 6.42 Å². The van der Waals surface area contributed by atoms with Crippen molar-refractivity contribution in [2.24, 2.45) is 0 Å². The van der Waals surface area contributed by atoms with Gasteiger partial charge in [-0.2, -0.15) is 0 Å². The number of hydrogen-bond acceptors (Lipinski definition) is 3. The standard InChI is InChI=1S/C11H15NOS/c1-9(13)4-3-5-10-6-7-12-11(8-10)14-2/h6-8H,3-5H2,1-2H3. The third-order valence-electron chi connectivity index (χ3n) is 2.00. The van der Waals surface area contributed by atoms with Crippen LogP contribution in [0.15, 0.2) is 23.4 Å². The van der Waals surface area contributed by atoms with E-state index in [-0.39, 0.29) is 5.78 Å². The van der Waals surface area contributed by atoms with Gasteiger partial charge in [-0.3, -0.25) is 0 Å². The zero-order valence-electron chi connectivity index (χ0n) is 8.62. The maximum absolute atomic E-state index is 10.7. The summed E-state index contributed by atoms with van der Waals surface area (Å²) in [5.41, 5.74) is 1.27. The summed E-state index contributed by atoms with van der Waals surface area (Å²) in [6, 6.07) is 4.10. The number of pyridine rings is 1. The molecule has 0 saturated heterocycles. The SMILES string of the molecule is CSc1cc(CCCC(C)=O)ccn1. The molecule has 0 atom stereocenters. The summed E-state index contributed by atoms with van der Waals surface area (Å²) in [5.74, 6) is 0.268. The van der Waals surface area contributed by atoms with Gasteiger partial charge >= 0.3 is 0 Å². The summed E-state index contributed by atoms with van der Waals surface area (Å²) in [4.78, 5) is 14.9. The summed E-state index contributed by atoms with van der Waals surface area (Å²) in [5, 5.41) is 1.05. The Labute approximate surface area is 89.1 Å². The third kappa shape index (κ3) is 3.92. The molecule has 1 aromatic rings. The van der Waals surface area contributed by atoms with E-state index < -0.39 is 0 Å². The second-order valence-corrected chi connectivity index (χ2v) is 4.09. The number of ketones is 1. The van der Waals surface area contributed by atoms with E-state index in [2.05, 4.69) is 11.1 Å². The zero-order valence-corrected chi connectivity index (χ0v) is 9.43. The van der Waals surface area contributed by atoms with Crippen LogP contribution in [0.1, 0.15) is 25.3 Å². The molecule has 1 heterocycles. The van der Waals surface area contributed by atoms with E-state index in [1.807, 2.05) is 18.5 Å². The van der Waals surface area contributed by atoms with E-state index in [9.17, 15) is 4.79 Å². The van der Waals surface area contributed by atoms with Gasteiger partial charge in [0.1, 0.15) is 5.78 Å². The number of hydrogen-bond donors (Lipinski definition) is 0. The number of aromatic nitrogens is 1. The minimum absolute atomic E-state index is 0.268. The largest absolute Gasteiger partial charge is 0.300 e. The van der Waals surface area contributed by atoms with Crippen LogP contribution in [-0.2, 0) is 11.2 Å². The zero-order chi connectivity index (χ0) is 10.4. The molecule has 0 aromatic carbocycles. The number of thioether (sulfide) groups is 1. The van der Waals surface area contributed by atoms with Crippen LogP contribution in [0.5, 0.6) is 0 Å². The number of rotatable bonds is 5. The predicted octanol–water partition coefficient (Wildman–Crippen LogP) is 2.72. The molecule has 14 heavy (non-hydrogen) atoms. The Morgan fingerprint density at radius 3 is 3.00 bits per heavy atom. The molecular formula is C11H15NOS. The Kier molecular flexibility index (Phi) is 4.66. The van der Waals surface area contributed by atoms with Gasteiger partial charge in [0, 0.05) is 12.6 Å². The smallest absolute Gasteiger partial charge is 0.129 e. The van der Waals surface area contributed by atoms with Crippen molar-refractivity contribution in [3.05, 3.63) is 23.9 Å². The van der Waals surface area contributed by atoms with Gasteiger partial charge in [-0.15, -0.1) is 11.8 Å². The van der Waals surface area contributed by atoms with E-state index in [1.54, 1.807) is 18.7 Å². The molecule has 3 heteroatoms. The van der Waals surface area contributed by atoms with E-state index in [1.165, 1.54) is 5.56 Å². The molecule has 0 aliphatic rings. The first kappa shape index (κ1) is 11.2. The monoisotopic (exact) mass is 209 g/mol. The normalized spacial score (nSPS) is 10.1. The van der Waals surface area contributed by atoms with Crippen molar-refractivity contribution < 1.29 is 4.79 Å². The fraction of sp³-hybridized carbons (Fsp3) is 0.455. The topological polar surface area (TPSA) is 30.0 Å². The van der Waals surface area contributed by atoms with Crippen LogP contribution in [0.4, 0.5) is 0 Å². The Balaban J connectivity index is 2.46. The third-order valence-corrected chi connectivity index (χ3v) is 2.64. The highest BCUT2D eigenvalue weighted by atomic mass is 32.2. The van der Waals surface area contributed by atoms with Crippen LogP contribution in [0.25, 0.3) is 0 Å². The molecule has 0 amide bonds. The van der Waals surface area contributed by atoms with Crippen LogP contribution in [-0.4, -0.2) is 17.0 Å². The van der Waals surface area contributed by atoms with Crippen LogP contribution in [0.3, 0.4) is 0 Å². The van der Waals surface area contributed by atoms with Crippen LogP contribution < -0.4 is 0 Å². The van der Waals surface area contributed by atoms with Crippen LogP contribution in [0, 0.1) is 0 Å². The average molecular weight is 209 g/mol. The summed E-state index contributed by atoms with van der Waals surface area (Å²) in [6.07, 6.45) is 6.43. The first-order chi connectivity index (χ1) is 6.72. The lowest BCUT2D eigenvalue weighted by Gasteiger charge is -2.01. The van der Waals surface area contributed by atoms with Gasteiger partial charge in [0.15, 0.2) is 0 Å². The molecule has 0 spiro atoms. The molecule has 0 aliphatic carbocycles. The fourth-order valence-corrected chi connectivity index (χ4v) is 1.69. The summed E-state index contributed by atoms with van der Waals surface area (Å²) >= 11 is 1.64.